The van der Waals surface area contributed by atoms with Gasteiger partial charge < -0.3 is 10.2 Å². The summed E-state index contributed by atoms with van der Waals surface area (Å²) in [5.74, 6) is -0.892. The van der Waals surface area contributed by atoms with Gasteiger partial charge in [-0.25, -0.2) is 4.39 Å². The second-order valence-electron chi connectivity index (χ2n) is 5.27. The number of halogens is 1. The van der Waals surface area contributed by atoms with Gasteiger partial charge in [-0.1, -0.05) is 0 Å². The van der Waals surface area contributed by atoms with E-state index in [1.807, 2.05) is 0 Å². The first-order valence-corrected chi connectivity index (χ1v) is 6.83. The molecule has 0 saturated carbocycles. The third kappa shape index (κ3) is 3.63. The number of aryl methyl sites for hydroxylation is 1. The summed E-state index contributed by atoms with van der Waals surface area (Å²) >= 11 is 0. The number of hydrogen-bond donors (Lipinski definition) is 1. The van der Waals surface area contributed by atoms with Crippen LogP contribution in [0.15, 0.2) is 36.4 Å². The van der Waals surface area contributed by atoms with Crippen molar-refractivity contribution < 1.29 is 14.1 Å². The van der Waals surface area contributed by atoms with Crippen molar-refractivity contribution in [1.82, 2.24) is 0 Å². The van der Waals surface area contributed by atoms with E-state index in [-0.39, 0.29) is 11.3 Å². The maximum absolute atomic E-state index is 13.1. The van der Waals surface area contributed by atoms with Gasteiger partial charge in [0.1, 0.15) is 5.82 Å². The van der Waals surface area contributed by atoms with Gasteiger partial charge in [-0.05, 0) is 36.8 Å². The summed E-state index contributed by atoms with van der Waals surface area (Å²) in [6.45, 7) is 1.67. The molecule has 0 aliphatic heterocycles. The molecule has 2 rings (SSSR count). The van der Waals surface area contributed by atoms with Crippen LogP contribution in [0.2, 0.25) is 0 Å². The van der Waals surface area contributed by atoms with Crippen LogP contribution in [0, 0.1) is 22.9 Å². The van der Waals surface area contributed by atoms with E-state index < -0.39 is 16.6 Å². The molecule has 2 aromatic carbocycles. The predicted octanol–water partition coefficient (Wildman–Crippen LogP) is 3.36. The van der Waals surface area contributed by atoms with Gasteiger partial charge in [0.15, 0.2) is 0 Å². The first-order chi connectivity index (χ1) is 10.8. The standard InChI is InChI=1S/C16H16FN3O3/c1-10-8-11(17)4-6-14(10)18-16(21)13-9-12(20(22)23)5-7-15(13)19(2)3/h4-9H,1-3H3,(H,18,21). The van der Waals surface area contributed by atoms with Gasteiger partial charge in [-0.3, -0.25) is 14.9 Å². The van der Waals surface area contributed by atoms with Crippen molar-refractivity contribution in [2.45, 2.75) is 6.92 Å². The molecule has 0 spiro atoms. The number of anilines is 2. The Balaban J connectivity index is 2.40. The minimum Gasteiger partial charge on any atom is -0.377 e. The SMILES string of the molecule is Cc1cc(F)ccc1NC(=O)c1cc([N+](=O)[O-])ccc1N(C)C. The number of nitrogens with zero attached hydrogens (tertiary/aromatic N) is 2. The number of nitrogens with one attached hydrogen (secondary N) is 1. The number of benzene rings is 2. The molecular formula is C16H16FN3O3. The van der Waals surface area contributed by atoms with Gasteiger partial charge in [-0.15, -0.1) is 0 Å². The minimum atomic E-state index is -0.556. The Morgan fingerprint density at radius 1 is 1.22 bits per heavy atom. The van der Waals surface area contributed by atoms with E-state index >= 15 is 0 Å². The zero-order chi connectivity index (χ0) is 17.1. The van der Waals surface area contributed by atoms with E-state index in [2.05, 4.69) is 5.32 Å². The van der Waals surface area contributed by atoms with Gasteiger partial charge in [0.2, 0.25) is 0 Å². The van der Waals surface area contributed by atoms with Crippen LogP contribution in [0.25, 0.3) is 0 Å². The maximum Gasteiger partial charge on any atom is 0.270 e. The number of amides is 1. The molecule has 6 nitrogen and oxygen atoms in total. The number of non-ortho nitro benzene ring substituents is 1. The molecule has 0 aliphatic carbocycles. The molecule has 0 aromatic heterocycles. The summed E-state index contributed by atoms with van der Waals surface area (Å²) in [6, 6.07) is 8.08. The zero-order valence-corrected chi connectivity index (χ0v) is 13.0. The fraction of sp³-hybridized carbons (Fsp3) is 0.188. The van der Waals surface area contributed by atoms with Crippen molar-refractivity contribution in [3.05, 3.63) is 63.5 Å². The lowest BCUT2D eigenvalue weighted by Crippen LogP contribution is -2.19. The van der Waals surface area contributed by atoms with Gasteiger partial charge >= 0.3 is 0 Å². The molecule has 120 valence electrons. The number of carbonyl (C=O) groups excluding carboxylic acids is 1. The van der Waals surface area contributed by atoms with Gasteiger partial charge in [0.25, 0.3) is 11.6 Å². The lowest BCUT2D eigenvalue weighted by atomic mass is 10.1. The number of nitro benzene ring substituents is 1. The highest BCUT2D eigenvalue weighted by Gasteiger charge is 2.18. The average Bonchev–Trinajstić information content (AvgIpc) is 2.49. The van der Waals surface area contributed by atoms with E-state index in [9.17, 15) is 19.3 Å². The van der Waals surface area contributed by atoms with Crippen molar-refractivity contribution in [1.29, 1.82) is 0 Å². The Kier molecular flexibility index (Phi) is 4.59. The number of nitro groups is 1. The second-order valence-corrected chi connectivity index (χ2v) is 5.27. The third-order valence-electron chi connectivity index (χ3n) is 3.35. The van der Waals surface area contributed by atoms with Crippen LogP contribution in [0.4, 0.5) is 21.5 Å². The molecule has 23 heavy (non-hydrogen) atoms. The van der Waals surface area contributed by atoms with Crippen molar-refractivity contribution in [2.75, 3.05) is 24.3 Å². The van der Waals surface area contributed by atoms with E-state index in [4.69, 9.17) is 0 Å². The predicted molar refractivity (Wildman–Crippen MR) is 86.5 cm³/mol. The quantitative estimate of drug-likeness (QED) is 0.693. The minimum absolute atomic E-state index is 0.170. The van der Waals surface area contributed by atoms with Gasteiger partial charge in [-0.2, -0.15) is 0 Å². The van der Waals surface area contributed by atoms with Gasteiger partial charge in [0.05, 0.1) is 10.5 Å². The van der Waals surface area contributed by atoms with E-state index in [1.54, 1.807) is 25.9 Å². The fourth-order valence-electron chi connectivity index (χ4n) is 2.17. The Morgan fingerprint density at radius 3 is 2.48 bits per heavy atom. The summed E-state index contributed by atoms with van der Waals surface area (Å²) in [7, 11) is 3.47. The van der Waals surface area contributed by atoms with Crippen LogP contribution < -0.4 is 10.2 Å². The maximum atomic E-state index is 13.1. The molecule has 0 saturated heterocycles. The summed E-state index contributed by atoms with van der Waals surface area (Å²) in [4.78, 5) is 24.6. The van der Waals surface area contributed by atoms with Crippen molar-refractivity contribution in [3.63, 3.8) is 0 Å². The second kappa shape index (κ2) is 6.43. The normalized spacial score (nSPS) is 10.3. The molecule has 2 aromatic rings. The molecule has 0 aliphatic rings. The summed E-state index contributed by atoms with van der Waals surface area (Å²) in [5, 5.41) is 13.6. The molecule has 0 atom stereocenters. The largest absolute Gasteiger partial charge is 0.377 e. The lowest BCUT2D eigenvalue weighted by molar-refractivity contribution is -0.384. The van der Waals surface area contributed by atoms with Gasteiger partial charge in [0, 0.05) is 37.6 Å². The highest BCUT2D eigenvalue weighted by molar-refractivity contribution is 6.08. The molecule has 0 unspecified atom stereocenters. The number of carbonyl (C=O) groups is 1. The van der Waals surface area contributed by atoms with Crippen LogP contribution >= 0.6 is 0 Å². The highest BCUT2D eigenvalue weighted by Crippen LogP contribution is 2.26. The first-order valence-electron chi connectivity index (χ1n) is 6.83. The van der Waals surface area contributed by atoms with E-state index in [0.29, 0.717) is 16.9 Å². The smallest absolute Gasteiger partial charge is 0.270 e. The van der Waals surface area contributed by atoms with Crippen molar-refractivity contribution in [3.8, 4) is 0 Å². The van der Waals surface area contributed by atoms with Crippen molar-refractivity contribution >= 4 is 23.0 Å². The molecule has 0 bridgehead atoms. The van der Waals surface area contributed by atoms with Crippen molar-refractivity contribution in [2.24, 2.45) is 0 Å². The van der Waals surface area contributed by atoms with Crippen LogP contribution in [0.5, 0.6) is 0 Å². The van der Waals surface area contributed by atoms with E-state index in [0.717, 1.165) is 0 Å². The molecule has 0 fully saturated rings. The molecule has 0 radical (unpaired) electrons. The highest BCUT2D eigenvalue weighted by atomic mass is 19.1. The summed E-state index contributed by atoms with van der Waals surface area (Å²) < 4.78 is 13.1. The first kappa shape index (κ1) is 16.4. The lowest BCUT2D eigenvalue weighted by Gasteiger charge is -2.17. The molecule has 1 N–H and O–H groups in total. The molecule has 7 heteroatoms. The topological polar surface area (TPSA) is 75.5 Å². The van der Waals surface area contributed by atoms with Crippen LogP contribution in [0.1, 0.15) is 15.9 Å². The Hall–Kier alpha value is -2.96. The Bertz CT molecular complexity index is 775. The zero-order valence-electron chi connectivity index (χ0n) is 13.0. The molecule has 1 amide bonds. The Morgan fingerprint density at radius 2 is 1.91 bits per heavy atom. The number of rotatable bonds is 4. The van der Waals surface area contributed by atoms with Crippen LogP contribution in [-0.4, -0.2) is 24.9 Å². The Labute approximate surface area is 132 Å². The van der Waals surface area contributed by atoms with Crippen LogP contribution in [-0.2, 0) is 0 Å². The molecular weight excluding hydrogens is 301 g/mol. The number of hydrogen-bond acceptors (Lipinski definition) is 4. The van der Waals surface area contributed by atoms with Crippen LogP contribution in [0.3, 0.4) is 0 Å². The fourth-order valence-corrected chi connectivity index (χ4v) is 2.17. The summed E-state index contributed by atoms with van der Waals surface area (Å²) in [6.07, 6.45) is 0. The molecule has 0 heterocycles. The monoisotopic (exact) mass is 317 g/mol. The summed E-state index contributed by atoms with van der Waals surface area (Å²) in [5.41, 5.74) is 1.57. The van der Waals surface area contributed by atoms with E-state index in [1.165, 1.54) is 36.4 Å². The average molecular weight is 317 g/mol. The third-order valence-corrected chi connectivity index (χ3v) is 3.35.